The maximum Gasteiger partial charge on any atom is 0.360 e. The number of rotatable bonds is 7. The summed E-state index contributed by atoms with van der Waals surface area (Å²) in [7, 11) is 0. The van der Waals surface area contributed by atoms with E-state index in [0.29, 0.717) is 11.5 Å². The third kappa shape index (κ3) is 5.10. The second-order valence-electron chi connectivity index (χ2n) is 4.74. The Balaban J connectivity index is 2.02. The third-order valence-electron chi connectivity index (χ3n) is 2.85. The second kappa shape index (κ2) is 7.67. The van der Waals surface area contributed by atoms with E-state index >= 15 is 0 Å². The topological polar surface area (TPSA) is 47.9 Å². The van der Waals surface area contributed by atoms with Crippen LogP contribution in [0.4, 0.5) is 0 Å². The molecule has 0 saturated heterocycles. The molecule has 112 valence electrons. The zero-order valence-corrected chi connectivity index (χ0v) is 12.3. The number of aliphatic hydroxyl groups excluding tert-OH is 1. The van der Waals surface area contributed by atoms with Gasteiger partial charge >= 0.3 is 6.48 Å². The van der Waals surface area contributed by atoms with Crippen molar-refractivity contribution in [3.05, 3.63) is 59.7 Å². The van der Waals surface area contributed by atoms with Gasteiger partial charge in [0.15, 0.2) is 0 Å². The fourth-order valence-electron chi connectivity index (χ4n) is 1.70. The Labute approximate surface area is 124 Å². The van der Waals surface area contributed by atoms with E-state index in [1.165, 1.54) is 0 Å². The summed E-state index contributed by atoms with van der Waals surface area (Å²) in [6, 6.07) is 15.2. The van der Waals surface area contributed by atoms with Gasteiger partial charge < -0.3 is 19.3 Å². The van der Waals surface area contributed by atoms with E-state index in [9.17, 15) is 0 Å². The minimum atomic E-state index is -0.900. The number of hydrogen-bond donors (Lipinski definition) is 1. The van der Waals surface area contributed by atoms with Gasteiger partial charge in [-0.1, -0.05) is 35.4 Å². The van der Waals surface area contributed by atoms with Crippen molar-refractivity contribution < 1.29 is 19.3 Å². The molecule has 0 radical (unpaired) electrons. The van der Waals surface area contributed by atoms with Crippen LogP contribution in [-0.2, 0) is 4.74 Å². The van der Waals surface area contributed by atoms with Crippen molar-refractivity contribution in [2.75, 3.05) is 13.2 Å². The van der Waals surface area contributed by atoms with Gasteiger partial charge in [-0.2, -0.15) is 0 Å². The van der Waals surface area contributed by atoms with Crippen LogP contribution in [0.2, 0.25) is 0 Å². The lowest BCUT2D eigenvalue weighted by atomic mass is 10.2. The minimum absolute atomic E-state index is 0.0922. The van der Waals surface area contributed by atoms with Gasteiger partial charge in [0.25, 0.3) is 0 Å². The molecule has 1 N–H and O–H groups in total. The fourth-order valence-corrected chi connectivity index (χ4v) is 1.70. The van der Waals surface area contributed by atoms with Gasteiger partial charge in [0.1, 0.15) is 11.5 Å². The van der Waals surface area contributed by atoms with E-state index in [-0.39, 0.29) is 13.2 Å². The third-order valence-corrected chi connectivity index (χ3v) is 2.85. The number of aryl methyl sites for hydroxylation is 2. The highest BCUT2D eigenvalue weighted by molar-refractivity contribution is 5.27. The van der Waals surface area contributed by atoms with Gasteiger partial charge in [-0.25, -0.2) is 0 Å². The quantitative estimate of drug-likeness (QED) is 0.796. The summed E-state index contributed by atoms with van der Waals surface area (Å²) >= 11 is 0. The average Bonchev–Trinajstić information content (AvgIpc) is 2.49. The van der Waals surface area contributed by atoms with Crippen molar-refractivity contribution in [2.24, 2.45) is 0 Å². The smallest absolute Gasteiger partial charge is 0.360 e. The van der Waals surface area contributed by atoms with Crippen LogP contribution in [0.5, 0.6) is 11.5 Å². The Morgan fingerprint density at radius 3 is 1.62 bits per heavy atom. The van der Waals surface area contributed by atoms with Crippen LogP contribution in [0.25, 0.3) is 0 Å². The van der Waals surface area contributed by atoms with Crippen LogP contribution in [-0.4, -0.2) is 24.8 Å². The van der Waals surface area contributed by atoms with Crippen molar-refractivity contribution in [1.82, 2.24) is 0 Å². The second-order valence-corrected chi connectivity index (χ2v) is 4.74. The summed E-state index contributed by atoms with van der Waals surface area (Å²) in [4.78, 5) is 0. The van der Waals surface area contributed by atoms with Crippen molar-refractivity contribution in [3.63, 3.8) is 0 Å². The Morgan fingerprint density at radius 1 is 0.810 bits per heavy atom. The molecule has 4 heteroatoms. The molecule has 4 nitrogen and oxygen atoms in total. The first-order valence-corrected chi connectivity index (χ1v) is 6.86. The molecule has 2 rings (SSSR count). The highest BCUT2D eigenvalue weighted by Crippen LogP contribution is 2.18. The summed E-state index contributed by atoms with van der Waals surface area (Å²) in [6.45, 7) is 3.16. The van der Waals surface area contributed by atoms with E-state index in [1.807, 2.05) is 62.4 Å². The van der Waals surface area contributed by atoms with Gasteiger partial charge in [0, 0.05) is 0 Å². The molecule has 0 heterocycles. The summed E-state index contributed by atoms with van der Waals surface area (Å²) in [6.07, 6.45) is 0. The number of benzene rings is 2. The Bertz CT molecular complexity index is 486. The summed E-state index contributed by atoms with van der Waals surface area (Å²) in [5, 5.41) is 8.88. The Hall–Kier alpha value is -2.04. The predicted octanol–water partition coefficient (Wildman–Crippen LogP) is 3.05. The molecule has 21 heavy (non-hydrogen) atoms. The molecule has 0 aliphatic heterocycles. The lowest BCUT2D eigenvalue weighted by Gasteiger charge is -2.20. The zero-order chi connectivity index (χ0) is 15.1. The fraction of sp³-hybridized carbons (Fsp3) is 0.294. The molecule has 0 atom stereocenters. The molecule has 2 aromatic carbocycles. The monoisotopic (exact) mass is 288 g/mol. The van der Waals surface area contributed by atoms with Crippen LogP contribution in [0.1, 0.15) is 11.1 Å². The maximum absolute atomic E-state index is 8.88. The molecule has 0 aromatic heterocycles. The first kappa shape index (κ1) is 15.4. The van der Waals surface area contributed by atoms with Crippen LogP contribution in [0, 0.1) is 13.8 Å². The lowest BCUT2D eigenvalue weighted by molar-refractivity contribution is -0.202. The van der Waals surface area contributed by atoms with E-state index in [2.05, 4.69) is 0 Å². The standard InChI is InChI=1S/C17H20O4/c1-13-3-7-15(8-4-13)20-17(19-12-11-18)21-16-9-5-14(2)6-10-16/h3-10,17-18H,11-12H2,1-2H3. The molecule has 0 amide bonds. The highest BCUT2D eigenvalue weighted by atomic mass is 16.8. The SMILES string of the molecule is Cc1ccc(OC(OCCO)Oc2ccc(C)cc2)cc1. The Kier molecular flexibility index (Phi) is 5.60. The van der Waals surface area contributed by atoms with Gasteiger partial charge in [-0.15, -0.1) is 0 Å². The molecule has 0 aliphatic rings. The Morgan fingerprint density at radius 2 is 1.24 bits per heavy atom. The minimum Gasteiger partial charge on any atom is -0.432 e. The van der Waals surface area contributed by atoms with Crippen LogP contribution in [0.3, 0.4) is 0 Å². The summed E-state index contributed by atoms with van der Waals surface area (Å²) in [5.74, 6) is 1.30. The van der Waals surface area contributed by atoms with Gasteiger partial charge in [0.05, 0.1) is 13.2 Å². The van der Waals surface area contributed by atoms with Crippen molar-refractivity contribution in [3.8, 4) is 11.5 Å². The predicted molar refractivity (Wildman–Crippen MR) is 80.4 cm³/mol. The van der Waals surface area contributed by atoms with E-state index in [0.717, 1.165) is 11.1 Å². The molecule has 0 saturated carbocycles. The van der Waals surface area contributed by atoms with E-state index in [4.69, 9.17) is 19.3 Å². The zero-order valence-electron chi connectivity index (χ0n) is 12.3. The lowest BCUT2D eigenvalue weighted by Crippen LogP contribution is -2.28. The maximum atomic E-state index is 8.88. The highest BCUT2D eigenvalue weighted by Gasteiger charge is 2.13. The summed E-state index contributed by atoms with van der Waals surface area (Å²) in [5.41, 5.74) is 2.30. The molecular formula is C17H20O4. The van der Waals surface area contributed by atoms with Crippen LogP contribution in [0.15, 0.2) is 48.5 Å². The average molecular weight is 288 g/mol. The van der Waals surface area contributed by atoms with Crippen molar-refractivity contribution in [2.45, 2.75) is 20.3 Å². The largest absolute Gasteiger partial charge is 0.432 e. The normalized spacial score (nSPS) is 10.7. The molecule has 0 unspecified atom stereocenters. The molecular weight excluding hydrogens is 268 g/mol. The van der Waals surface area contributed by atoms with Gasteiger partial charge in [0.2, 0.25) is 0 Å². The number of ether oxygens (including phenoxy) is 3. The van der Waals surface area contributed by atoms with Crippen molar-refractivity contribution in [1.29, 1.82) is 0 Å². The molecule has 0 bridgehead atoms. The molecule has 0 fully saturated rings. The van der Waals surface area contributed by atoms with Crippen molar-refractivity contribution >= 4 is 0 Å². The van der Waals surface area contributed by atoms with Crippen LogP contribution >= 0.6 is 0 Å². The first-order valence-electron chi connectivity index (χ1n) is 6.86. The first-order chi connectivity index (χ1) is 10.2. The molecule has 2 aromatic rings. The molecule has 0 spiro atoms. The molecule has 0 aliphatic carbocycles. The van der Waals surface area contributed by atoms with Gasteiger partial charge in [-0.05, 0) is 38.1 Å². The van der Waals surface area contributed by atoms with Crippen LogP contribution < -0.4 is 9.47 Å². The van der Waals surface area contributed by atoms with E-state index < -0.39 is 6.48 Å². The van der Waals surface area contributed by atoms with Gasteiger partial charge in [-0.3, -0.25) is 0 Å². The van der Waals surface area contributed by atoms with E-state index in [1.54, 1.807) is 0 Å². The summed E-state index contributed by atoms with van der Waals surface area (Å²) < 4.78 is 16.7. The number of aliphatic hydroxyl groups is 1. The number of hydrogen-bond acceptors (Lipinski definition) is 4.